The number of hydrogen-bond acceptors (Lipinski definition) is 2. The average Bonchev–Trinajstić information content (AvgIpc) is 2.29. The molecule has 0 aliphatic rings. The summed E-state index contributed by atoms with van der Waals surface area (Å²) in [5.41, 5.74) is 1.57. The number of ether oxygens (including phenoxy) is 1. The summed E-state index contributed by atoms with van der Waals surface area (Å²) in [5, 5.41) is 0. The van der Waals surface area contributed by atoms with Gasteiger partial charge in [-0.1, -0.05) is 46.1 Å². The second kappa shape index (κ2) is 6.34. The summed E-state index contributed by atoms with van der Waals surface area (Å²) < 4.78 is 5.23. The highest BCUT2D eigenvalue weighted by atomic mass is 32.1. The normalized spacial score (nSPS) is 11.6. The van der Waals surface area contributed by atoms with E-state index >= 15 is 0 Å². The Morgan fingerprint density at radius 1 is 1.24 bits per heavy atom. The maximum Gasteiger partial charge on any atom is 0.132 e. The molecule has 1 nitrogen and oxygen atoms in total. The van der Waals surface area contributed by atoms with Gasteiger partial charge in [-0.05, 0) is 29.5 Å². The minimum absolute atomic E-state index is 0.221. The van der Waals surface area contributed by atoms with Crippen LogP contribution in [0, 0.1) is 0 Å². The Kier molecular flexibility index (Phi) is 5.38. The molecule has 17 heavy (non-hydrogen) atoms. The zero-order valence-corrected chi connectivity index (χ0v) is 12.3. The Labute approximate surface area is 111 Å². The predicted molar refractivity (Wildman–Crippen MR) is 77.4 cm³/mol. The van der Waals surface area contributed by atoms with Gasteiger partial charge in [-0.15, -0.1) is 12.6 Å². The van der Waals surface area contributed by atoms with Crippen molar-refractivity contribution in [3.63, 3.8) is 0 Å². The molecule has 1 aromatic rings. The van der Waals surface area contributed by atoms with Crippen LogP contribution in [-0.4, -0.2) is 7.11 Å². The summed E-state index contributed by atoms with van der Waals surface area (Å²) in [6.07, 6.45) is 5.10. The van der Waals surface area contributed by atoms with Crippen LogP contribution in [0.1, 0.15) is 52.0 Å². The number of unbranched alkanes of at least 4 members (excludes halogenated alkanes) is 2. The molecule has 1 rings (SSSR count). The molecule has 0 saturated carbocycles. The van der Waals surface area contributed by atoms with Gasteiger partial charge >= 0.3 is 0 Å². The molecular weight excluding hydrogens is 228 g/mol. The van der Waals surface area contributed by atoms with Crippen LogP contribution < -0.4 is 4.74 Å². The van der Waals surface area contributed by atoms with Crippen molar-refractivity contribution in [3.8, 4) is 5.75 Å². The van der Waals surface area contributed by atoms with E-state index in [4.69, 9.17) is 4.74 Å². The zero-order valence-electron chi connectivity index (χ0n) is 11.4. The summed E-state index contributed by atoms with van der Waals surface area (Å²) in [6.45, 7) is 6.85. The Hall–Kier alpha value is -0.630. The molecule has 0 N–H and O–H groups in total. The van der Waals surface area contributed by atoms with Crippen LogP contribution in [0.5, 0.6) is 5.75 Å². The first-order valence-electron chi connectivity index (χ1n) is 6.38. The second-order valence-electron chi connectivity index (χ2n) is 5.23. The molecule has 0 spiro atoms. The molecule has 0 saturated heterocycles. The van der Waals surface area contributed by atoms with E-state index in [9.17, 15) is 0 Å². The first-order chi connectivity index (χ1) is 8.01. The number of hydrogen-bond donors (Lipinski definition) is 1. The van der Waals surface area contributed by atoms with Crippen molar-refractivity contribution < 1.29 is 4.74 Å². The van der Waals surface area contributed by atoms with Gasteiger partial charge in [-0.2, -0.15) is 0 Å². The molecular formula is C15H24OS. The van der Waals surface area contributed by atoms with Gasteiger partial charge in [0.2, 0.25) is 0 Å². The van der Waals surface area contributed by atoms with Crippen LogP contribution >= 0.6 is 12.6 Å². The van der Waals surface area contributed by atoms with Crippen LogP contribution in [0.3, 0.4) is 0 Å². The highest BCUT2D eigenvalue weighted by Gasteiger charge is 2.20. The van der Waals surface area contributed by atoms with E-state index in [1.807, 2.05) is 6.07 Å². The minimum Gasteiger partial charge on any atom is -0.496 e. The Morgan fingerprint density at radius 2 is 1.94 bits per heavy atom. The second-order valence-corrected chi connectivity index (χ2v) is 5.71. The predicted octanol–water partition coefficient (Wildman–Crippen LogP) is 4.84. The molecule has 1 aromatic carbocycles. The maximum atomic E-state index is 5.23. The van der Waals surface area contributed by atoms with Gasteiger partial charge in [-0.25, -0.2) is 0 Å². The van der Waals surface area contributed by atoms with E-state index in [1.165, 1.54) is 31.2 Å². The van der Waals surface area contributed by atoms with Crippen LogP contribution in [0.25, 0.3) is 0 Å². The molecule has 0 bridgehead atoms. The molecule has 0 aromatic heterocycles. The third-order valence-electron chi connectivity index (χ3n) is 3.37. The van der Waals surface area contributed by atoms with Crippen molar-refractivity contribution in [2.24, 2.45) is 0 Å². The van der Waals surface area contributed by atoms with Crippen molar-refractivity contribution in [1.29, 1.82) is 0 Å². The van der Waals surface area contributed by atoms with Gasteiger partial charge in [0.15, 0.2) is 0 Å². The fourth-order valence-corrected chi connectivity index (χ4v) is 2.38. The lowest BCUT2D eigenvalue weighted by Gasteiger charge is -2.26. The van der Waals surface area contributed by atoms with Crippen LogP contribution in [-0.2, 0) is 5.41 Å². The molecule has 0 unspecified atom stereocenters. The third-order valence-corrected chi connectivity index (χ3v) is 3.72. The Morgan fingerprint density at radius 3 is 2.47 bits per heavy atom. The van der Waals surface area contributed by atoms with Gasteiger partial charge in [0.25, 0.3) is 0 Å². The van der Waals surface area contributed by atoms with Crippen molar-refractivity contribution in [3.05, 3.63) is 23.8 Å². The first kappa shape index (κ1) is 14.4. The SMILES string of the molecule is CCCCCC(C)(C)c1ccc(OC)c(S)c1. The lowest BCUT2D eigenvalue weighted by molar-refractivity contribution is 0.402. The quantitative estimate of drug-likeness (QED) is 0.563. The van der Waals surface area contributed by atoms with Gasteiger partial charge in [0.05, 0.1) is 7.11 Å². The van der Waals surface area contributed by atoms with Gasteiger partial charge in [0.1, 0.15) is 5.75 Å². The van der Waals surface area contributed by atoms with Crippen molar-refractivity contribution in [2.45, 2.75) is 56.8 Å². The number of thiol groups is 1. The molecule has 0 heterocycles. The number of rotatable bonds is 6. The van der Waals surface area contributed by atoms with Gasteiger partial charge in [-0.3, -0.25) is 0 Å². The topological polar surface area (TPSA) is 9.23 Å². The van der Waals surface area contributed by atoms with Crippen LogP contribution in [0.4, 0.5) is 0 Å². The summed E-state index contributed by atoms with van der Waals surface area (Å²) in [7, 11) is 1.68. The van der Waals surface area contributed by atoms with E-state index in [0.717, 1.165) is 10.6 Å². The van der Waals surface area contributed by atoms with E-state index < -0.39 is 0 Å². The lowest BCUT2D eigenvalue weighted by atomic mass is 9.80. The minimum atomic E-state index is 0.221. The lowest BCUT2D eigenvalue weighted by Crippen LogP contribution is -2.17. The summed E-state index contributed by atoms with van der Waals surface area (Å²) in [4.78, 5) is 0.925. The van der Waals surface area contributed by atoms with Gasteiger partial charge in [0, 0.05) is 4.90 Å². The summed E-state index contributed by atoms with van der Waals surface area (Å²) in [5.74, 6) is 0.849. The number of methoxy groups -OCH3 is 1. The fraction of sp³-hybridized carbons (Fsp3) is 0.600. The summed E-state index contributed by atoms with van der Waals surface area (Å²) in [6, 6.07) is 6.30. The highest BCUT2D eigenvalue weighted by Crippen LogP contribution is 2.33. The smallest absolute Gasteiger partial charge is 0.132 e. The average molecular weight is 252 g/mol. The molecule has 0 amide bonds. The van der Waals surface area contributed by atoms with E-state index in [1.54, 1.807) is 7.11 Å². The largest absolute Gasteiger partial charge is 0.496 e. The molecule has 0 fully saturated rings. The standard InChI is InChI=1S/C15H24OS/c1-5-6-7-10-15(2,3)12-8-9-13(16-4)14(17)11-12/h8-9,11,17H,5-7,10H2,1-4H3. The molecule has 2 heteroatoms. The van der Waals surface area contributed by atoms with Gasteiger partial charge < -0.3 is 4.74 Å². The van der Waals surface area contributed by atoms with Crippen molar-refractivity contribution in [1.82, 2.24) is 0 Å². The fourth-order valence-electron chi connectivity index (χ4n) is 2.07. The van der Waals surface area contributed by atoms with Crippen LogP contribution in [0.15, 0.2) is 23.1 Å². The Bertz CT molecular complexity index is 358. The summed E-state index contributed by atoms with van der Waals surface area (Å²) >= 11 is 4.46. The van der Waals surface area contributed by atoms with E-state index in [2.05, 4.69) is 45.5 Å². The molecule has 0 aliphatic heterocycles. The first-order valence-corrected chi connectivity index (χ1v) is 6.83. The molecule has 0 atom stereocenters. The van der Waals surface area contributed by atoms with Crippen molar-refractivity contribution >= 4 is 12.6 Å². The zero-order chi connectivity index (χ0) is 12.9. The number of benzene rings is 1. The Balaban J connectivity index is 2.80. The molecule has 96 valence electrons. The molecule has 0 radical (unpaired) electrons. The van der Waals surface area contributed by atoms with Crippen LogP contribution in [0.2, 0.25) is 0 Å². The van der Waals surface area contributed by atoms with E-state index in [0.29, 0.717) is 0 Å². The van der Waals surface area contributed by atoms with Crippen molar-refractivity contribution in [2.75, 3.05) is 7.11 Å². The molecule has 0 aliphatic carbocycles. The third kappa shape index (κ3) is 3.95. The maximum absolute atomic E-state index is 5.23. The monoisotopic (exact) mass is 252 g/mol. The van der Waals surface area contributed by atoms with E-state index in [-0.39, 0.29) is 5.41 Å². The highest BCUT2D eigenvalue weighted by molar-refractivity contribution is 7.80.